The number of likely N-dealkylation sites (tertiary alicyclic amines) is 1. The topological polar surface area (TPSA) is 102 Å². The molecule has 0 aromatic heterocycles. The van der Waals surface area contributed by atoms with E-state index < -0.39 is 11.8 Å². The summed E-state index contributed by atoms with van der Waals surface area (Å²) in [6.45, 7) is 1.45. The second-order valence-electron chi connectivity index (χ2n) is 4.22. The molecular formula is C11H19N3O4. The fraction of sp³-hybridized carbons (Fsp3) is 0.727. The number of methoxy groups -OCH3 is 1. The second-order valence-corrected chi connectivity index (χ2v) is 4.22. The normalized spacial score (nSPS) is 16.4. The van der Waals surface area contributed by atoms with E-state index in [9.17, 15) is 14.4 Å². The number of nitrogens with two attached hydrogens (primary N) is 1. The lowest BCUT2D eigenvalue weighted by Gasteiger charge is -2.29. The number of carbonyl (C=O) groups excluding carboxylic acids is 3. The Morgan fingerprint density at radius 3 is 2.44 bits per heavy atom. The lowest BCUT2D eigenvalue weighted by molar-refractivity contribution is -0.147. The Kier molecular flexibility index (Phi) is 5.57. The lowest BCUT2D eigenvalue weighted by atomic mass is 9.96. The Bertz CT molecular complexity index is 324. The highest BCUT2D eigenvalue weighted by molar-refractivity contribution is 6.35. The van der Waals surface area contributed by atoms with E-state index >= 15 is 0 Å². The van der Waals surface area contributed by atoms with Gasteiger partial charge in [-0.15, -0.1) is 0 Å². The van der Waals surface area contributed by atoms with Crippen molar-refractivity contribution >= 4 is 17.7 Å². The van der Waals surface area contributed by atoms with Crippen LogP contribution < -0.4 is 11.1 Å². The summed E-state index contributed by atoms with van der Waals surface area (Å²) in [6.07, 6.45) is 1.04. The van der Waals surface area contributed by atoms with E-state index in [0.717, 1.165) is 0 Å². The summed E-state index contributed by atoms with van der Waals surface area (Å²) < 4.78 is 4.77. The van der Waals surface area contributed by atoms with Gasteiger partial charge in [-0.3, -0.25) is 14.4 Å². The van der Waals surface area contributed by atoms with Gasteiger partial charge in [0.15, 0.2) is 0 Å². The van der Waals surface area contributed by atoms with Gasteiger partial charge in [-0.1, -0.05) is 0 Å². The molecule has 1 aliphatic heterocycles. The Hall–Kier alpha value is -1.63. The minimum atomic E-state index is -0.635. The highest BCUT2D eigenvalue weighted by Gasteiger charge is 2.28. The lowest BCUT2D eigenvalue weighted by Crippen LogP contribution is -2.48. The molecule has 3 amide bonds. The number of hydrogen-bond acceptors (Lipinski definition) is 4. The summed E-state index contributed by atoms with van der Waals surface area (Å²) in [5, 5.41) is 2.47. The van der Waals surface area contributed by atoms with Gasteiger partial charge in [0.1, 0.15) is 0 Å². The monoisotopic (exact) mass is 257 g/mol. The molecule has 0 spiro atoms. The molecule has 1 rings (SSSR count). The average Bonchev–Trinajstić information content (AvgIpc) is 2.38. The first kappa shape index (κ1) is 14.4. The van der Waals surface area contributed by atoms with E-state index in [4.69, 9.17) is 10.5 Å². The molecule has 1 aliphatic rings. The van der Waals surface area contributed by atoms with Gasteiger partial charge in [-0.25, -0.2) is 0 Å². The molecule has 0 aliphatic carbocycles. The van der Waals surface area contributed by atoms with Crippen molar-refractivity contribution in [1.82, 2.24) is 10.2 Å². The van der Waals surface area contributed by atoms with Gasteiger partial charge in [0, 0.05) is 32.7 Å². The molecule has 0 radical (unpaired) electrons. The van der Waals surface area contributed by atoms with Crippen LogP contribution in [0.2, 0.25) is 0 Å². The van der Waals surface area contributed by atoms with Crippen LogP contribution in [0.25, 0.3) is 0 Å². The molecule has 0 aromatic rings. The van der Waals surface area contributed by atoms with E-state index in [1.807, 2.05) is 0 Å². The number of nitrogens with zero attached hydrogens (tertiary/aromatic N) is 1. The molecular weight excluding hydrogens is 238 g/mol. The largest absolute Gasteiger partial charge is 0.383 e. The van der Waals surface area contributed by atoms with Crippen molar-refractivity contribution in [2.75, 3.05) is 33.4 Å². The van der Waals surface area contributed by atoms with Gasteiger partial charge >= 0.3 is 11.8 Å². The Morgan fingerprint density at radius 1 is 1.33 bits per heavy atom. The van der Waals surface area contributed by atoms with Crippen molar-refractivity contribution in [3.05, 3.63) is 0 Å². The van der Waals surface area contributed by atoms with E-state index in [0.29, 0.717) is 39.1 Å². The summed E-state index contributed by atoms with van der Waals surface area (Å²) in [7, 11) is 1.52. The van der Waals surface area contributed by atoms with Crippen molar-refractivity contribution in [3.8, 4) is 0 Å². The minimum Gasteiger partial charge on any atom is -0.383 e. The van der Waals surface area contributed by atoms with E-state index in [2.05, 4.69) is 5.32 Å². The van der Waals surface area contributed by atoms with Crippen LogP contribution in [0.1, 0.15) is 12.8 Å². The molecule has 0 saturated carbocycles. The standard InChI is InChI=1S/C11H19N3O4/c1-18-7-4-13-10(16)11(17)14-5-2-8(3-6-14)9(12)15/h8H,2-7H2,1H3,(H2,12,15)(H,13,16). The quantitative estimate of drug-likeness (QED) is 0.471. The molecule has 18 heavy (non-hydrogen) atoms. The maximum atomic E-state index is 11.7. The Balaban J connectivity index is 2.35. The number of amides is 3. The van der Waals surface area contributed by atoms with Crippen LogP contribution in [0.3, 0.4) is 0 Å². The number of hydrogen-bond donors (Lipinski definition) is 2. The molecule has 1 saturated heterocycles. The molecule has 1 fully saturated rings. The molecule has 0 unspecified atom stereocenters. The maximum absolute atomic E-state index is 11.7. The number of piperidine rings is 1. The molecule has 0 aromatic carbocycles. The molecule has 0 bridgehead atoms. The van der Waals surface area contributed by atoms with Crippen LogP contribution in [0.4, 0.5) is 0 Å². The smallest absolute Gasteiger partial charge is 0.311 e. The van der Waals surface area contributed by atoms with Crippen LogP contribution in [-0.4, -0.2) is 56.0 Å². The van der Waals surface area contributed by atoms with Crippen LogP contribution in [0.5, 0.6) is 0 Å². The van der Waals surface area contributed by atoms with Gasteiger partial charge < -0.3 is 20.7 Å². The van der Waals surface area contributed by atoms with Gasteiger partial charge in [0.05, 0.1) is 6.61 Å². The summed E-state index contributed by atoms with van der Waals surface area (Å²) in [5.41, 5.74) is 5.19. The first-order valence-electron chi connectivity index (χ1n) is 5.91. The SMILES string of the molecule is COCCNC(=O)C(=O)N1CCC(C(N)=O)CC1. The average molecular weight is 257 g/mol. The van der Waals surface area contributed by atoms with E-state index in [1.54, 1.807) is 0 Å². The summed E-state index contributed by atoms with van der Waals surface area (Å²) in [5.74, 6) is -1.73. The fourth-order valence-electron chi connectivity index (χ4n) is 1.85. The number of carbonyl (C=O) groups is 3. The van der Waals surface area contributed by atoms with Crippen molar-refractivity contribution in [3.63, 3.8) is 0 Å². The highest BCUT2D eigenvalue weighted by Crippen LogP contribution is 2.16. The van der Waals surface area contributed by atoms with Gasteiger partial charge in [0.2, 0.25) is 5.91 Å². The number of ether oxygens (including phenoxy) is 1. The van der Waals surface area contributed by atoms with Crippen LogP contribution in [0.15, 0.2) is 0 Å². The second kappa shape index (κ2) is 6.95. The first-order chi connectivity index (χ1) is 8.56. The minimum absolute atomic E-state index is 0.189. The Morgan fingerprint density at radius 2 is 1.94 bits per heavy atom. The van der Waals surface area contributed by atoms with Crippen molar-refractivity contribution in [2.45, 2.75) is 12.8 Å². The van der Waals surface area contributed by atoms with Crippen molar-refractivity contribution in [2.24, 2.45) is 11.7 Å². The van der Waals surface area contributed by atoms with Crippen molar-refractivity contribution < 1.29 is 19.1 Å². The first-order valence-corrected chi connectivity index (χ1v) is 5.91. The Labute approximate surface area is 106 Å². The number of primary amides is 1. The third-order valence-corrected chi connectivity index (χ3v) is 2.97. The summed E-state index contributed by atoms with van der Waals surface area (Å²) >= 11 is 0. The van der Waals surface area contributed by atoms with E-state index in [1.165, 1.54) is 12.0 Å². The molecule has 102 valence electrons. The summed E-state index contributed by atoms with van der Waals surface area (Å²) in [6, 6.07) is 0. The molecule has 3 N–H and O–H groups in total. The fourth-order valence-corrected chi connectivity index (χ4v) is 1.85. The zero-order valence-corrected chi connectivity index (χ0v) is 10.5. The number of nitrogens with one attached hydrogen (secondary N) is 1. The zero-order chi connectivity index (χ0) is 13.5. The van der Waals surface area contributed by atoms with Gasteiger partial charge in [-0.05, 0) is 12.8 Å². The van der Waals surface area contributed by atoms with E-state index in [-0.39, 0.29) is 11.8 Å². The molecule has 1 heterocycles. The summed E-state index contributed by atoms with van der Waals surface area (Å²) in [4.78, 5) is 35.6. The third kappa shape index (κ3) is 3.99. The maximum Gasteiger partial charge on any atom is 0.311 e. The predicted octanol–water partition coefficient (Wildman–Crippen LogP) is -1.53. The zero-order valence-electron chi connectivity index (χ0n) is 10.5. The molecule has 7 heteroatoms. The molecule has 7 nitrogen and oxygen atoms in total. The highest BCUT2D eigenvalue weighted by atomic mass is 16.5. The van der Waals surface area contributed by atoms with Crippen molar-refractivity contribution in [1.29, 1.82) is 0 Å². The van der Waals surface area contributed by atoms with Gasteiger partial charge in [0.25, 0.3) is 0 Å². The number of rotatable bonds is 4. The van der Waals surface area contributed by atoms with Gasteiger partial charge in [-0.2, -0.15) is 0 Å². The third-order valence-electron chi connectivity index (χ3n) is 2.97. The van der Waals surface area contributed by atoms with Crippen LogP contribution in [0, 0.1) is 5.92 Å². The van der Waals surface area contributed by atoms with Crippen LogP contribution in [-0.2, 0) is 19.1 Å². The predicted molar refractivity (Wildman–Crippen MR) is 63.4 cm³/mol. The van der Waals surface area contributed by atoms with Crippen LogP contribution >= 0.6 is 0 Å². The molecule has 0 atom stereocenters.